The highest BCUT2D eigenvalue weighted by Gasteiger charge is 2.15. The number of nitrogens with one attached hydrogen (secondary N) is 1. The average Bonchev–Trinajstić information content (AvgIpc) is 3.09. The lowest BCUT2D eigenvalue weighted by atomic mass is 10.2. The molecule has 1 amide bonds. The highest BCUT2D eigenvalue weighted by molar-refractivity contribution is 7.20. The quantitative estimate of drug-likeness (QED) is 0.501. The number of carbonyl (C=O) groups is 1. The molecule has 7 heteroatoms. The summed E-state index contributed by atoms with van der Waals surface area (Å²) in [5.74, 6) is 1.08. The van der Waals surface area contributed by atoms with E-state index >= 15 is 0 Å². The number of pyridine rings is 1. The van der Waals surface area contributed by atoms with Gasteiger partial charge in [0.05, 0.1) is 30.3 Å². The van der Waals surface area contributed by atoms with Crippen molar-refractivity contribution >= 4 is 55.7 Å². The van der Waals surface area contributed by atoms with E-state index in [9.17, 15) is 4.79 Å². The minimum atomic E-state index is -0.236. The Morgan fingerprint density at radius 2 is 1.89 bits per heavy atom. The molecule has 0 aliphatic rings. The minimum absolute atomic E-state index is 0.236. The van der Waals surface area contributed by atoms with E-state index in [1.165, 1.54) is 11.3 Å². The molecular formula is C20H15ClN2O3S. The predicted octanol–water partition coefficient (Wildman–Crippen LogP) is 5.37. The van der Waals surface area contributed by atoms with Crippen LogP contribution in [0.15, 0.2) is 48.5 Å². The predicted molar refractivity (Wildman–Crippen MR) is 110 cm³/mol. The molecule has 0 fully saturated rings. The average molecular weight is 399 g/mol. The van der Waals surface area contributed by atoms with Crippen LogP contribution in [-0.4, -0.2) is 25.1 Å². The number of thiophene rings is 1. The zero-order valence-corrected chi connectivity index (χ0v) is 16.1. The Hall–Kier alpha value is -2.83. The number of benzene rings is 2. The van der Waals surface area contributed by atoms with E-state index in [4.69, 9.17) is 21.1 Å². The molecule has 0 aliphatic carbocycles. The van der Waals surface area contributed by atoms with Crippen molar-refractivity contribution in [1.29, 1.82) is 0 Å². The molecule has 4 rings (SSSR count). The normalized spacial score (nSPS) is 10.9. The van der Waals surface area contributed by atoms with E-state index in [0.717, 1.165) is 26.9 Å². The number of aromatic nitrogens is 1. The second-order valence-electron chi connectivity index (χ2n) is 5.85. The molecule has 136 valence electrons. The molecule has 2 heterocycles. The van der Waals surface area contributed by atoms with Gasteiger partial charge in [-0.3, -0.25) is 4.79 Å². The number of rotatable bonds is 4. The maximum Gasteiger partial charge on any atom is 0.265 e. The lowest BCUT2D eigenvalue weighted by molar-refractivity contribution is 0.103. The van der Waals surface area contributed by atoms with Crippen LogP contribution in [0.1, 0.15) is 9.67 Å². The SMILES string of the molecule is COc1ccc2nc3sc(C(=O)Nc4cc(Cl)ccc4OC)cc3cc2c1. The summed E-state index contributed by atoms with van der Waals surface area (Å²) in [5.41, 5.74) is 1.38. The van der Waals surface area contributed by atoms with Crippen molar-refractivity contribution in [2.24, 2.45) is 0 Å². The van der Waals surface area contributed by atoms with E-state index in [-0.39, 0.29) is 5.91 Å². The Morgan fingerprint density at radius 1 is 1.04 bits per heavy atom. The molecule has 1 N–H and O–H groups in total. The number of hydrogen-bond acceptors (Lipinski definition) is 5. The van der Waals surface area contributed by atoms with E-state index in [1.807, 2.05) is 30.3 Å². The number of ether oxygens (including phenoxy) is 2. The summed E-state index contributed by atoms with van der Waals surface area (Å²) >= 11 is 7.37. The van der Waals surface area contributed by atoms with Crippen molar-refractivity contribution in [3.05, 3.63) is 58.4 Å². The van der Waals surface area contributed by atoms with E-state index in [2.05, 4.69) is 10.3 Å². The Labute approximate surface area is 164 Å². The van der Waals surface area contributed by atoms with E-state index in [1.54, 1.807) is 32.4 Å². The van der Waals surface area contributed by atoms with Crippen molar-refractivity contribution in [2.75, 3.05) is 19.5 Å². The van der Waals surface area contributed by atoms with Gasteiger partial charge in [0.15, 0.2) is 0 Å². The second kappa shape index (κ2) is 7.06. The molecule has 0 spiro atoms. The molecule has 0 radical (unpaired) electrons. The molecule has 2 aromatic heterocycles. The van der Waals surface area contributed by atoms with Crippen LogP contribution in [0.2, 0.25) is 5.02 Å². The van der Waals surface area contributed by atoms with Gasteiger partial charge in [-0.05, 0) is 48.5 Å². The van der Waals surface area contributed by atoms with Crippen molar-refractivity contribution in [1.82, 2.24) is 4.98 Å². The van der Waals surface area contributed by atoms with Gasteiger partial charge >= 0.3 is 0 Å². The lowest BCUT2D eigenvalue weighted by Crippen LogP contribution is -2.11. The molecule has 0 saturated carbocycles. The van der Waals surface area contributed by atoms with Gasteiger partial charge in [0.1, 0.15) is 16.3 Å². The van der Waals surface area contributed by atoms with Gasteiger partial charge in [-0.25, -0.2) is 4.98 Å². The third-order valence-electron chi connectivity index (χ3n) is 4.14. The summed E-state index contributed by atoms with van der Waals surface area (Å²) in [4.78, 5) is 18.7. The summed E-state index contributed by atoms with van der Waals surface area (Å²) in [5, 5.41) is 5.24. The molecule has 2 aromatic carbocycles. The molecule has 0 unspecified atom stereocenters. The third-order valence-corrected chi connectivity index (χ3v) is 5.42. The Morgan fingerprint density at radius 3 is 2.67 bits per heavy atom. The summed E-state index contributed by atoms with van der Waals surface area (Å²) in [6.45, 7) is 0. The third kappa shape index (κ3) is 3.41. The van der Waals surface area contributed by atoms with Crippen molar-refractivity contribution in [2.45, 2.75) is 0 Å². The maximum absolute atomic E-state index is 12.7. The number of amides is 1. The van der Waals surface area contributed by atoms with Crippen LogP contribution in [0.4, 0.5) is 5.69 Å². The first-order valence-electron chi connectivity index (χ1n) is 8.10. The summed E-state index contributed by atoms with van der Waals surface area (Å²) in [6.07, 6.45) is 0. The molecule has 27 heavy (non-hydrogen) atoms. The highest BCUT2D eigenvalue weighted by Crippen LogP contribution is 2.31. The Bertz CT molecular complexity index is 1170. The minimum Gasteiger partial charge on any atom is -0.497 e. The zero-order chi connectivity index (χ0) is 19.0. The number of methoxy groups -OCH3 is 2. The Kier molecular flexibility index (Phi) is 4.59. The fourth-order valence-electron chi connectivity index (χ4n) is 2.81. The molecule has 5 nitrogen and oxygen atoms in total. The monoisotopic (exact) mass is 398 g/mol. The summed E-state index contributed by atoms with van der Waals surface area (Å²) in [7, 11) is 3.17. The number of fused-ring (bicyclic) bond motifs is 2. The first-order chi connectivity index (χ1) is 13.1. The van der Waals surface area contributed by atoms with Gasteiger partial charge in [0.25, 0.3) is 5.91 Å². The first kappa shape index (κ1) is 17.6. The molecule has 0 atom stereocenters. The van der Waals surface area contributed by atoms with Gasteiger partial charge in [-0.1, -0.05) is 11.6 Å². The van der Waals surface area contributed by atoms with Crippen LogP contribution in [0.5, 0.6) is 11.5 Å². The fraction of sp³-hybridized carbons (Fsp3) is 0.100. The van der Waals surface area contributed by atoms with Crippen LogP contribution in [0, 0.1) is 0 Å². The number of nitrogens with zero attached hydrogens (tertiary/aromatic N) is 1. The van der Waals surface area contributed by atoms with Gasteiger partial charge < -0.3 is 14.8 Å². The number of hydrogen-bond donors (Lipinski definition) is 1. The van der Waals surface area contributed by atoms with E-state index < -0.39 is 0 Å². The maximum atomic E-state index is 12.7. The first-order valence-corrected chi connectivity index (χ1v) is 9.30. The van der Waals surface area contributed by atoms with Crippen LogP contribution < -0.4 is 14.8 Å². The smallest absolute Gasteiger partial charge is 0.265 e. The summed E-state index contributed by atoms with van der Waals surface area (Å²) < 4.78 is 10.5. The molecule has 0 bridgehead atoms. The van der Waals surface area contributed by atoms with Crippen molar-refractivity contribution in [3.63, 3.8) is 0 Å². The van der Waals surface area contributed by atoms with Gasteiger partial charge in [-0.2, -0.15) is 0 Å². The van der Waals surface area contributed by atoms with Crippen molar-refractivity contribution < 1.29 is 14.3 Å². The van der Waals surface area contributed by atoms with Crippen LogP contribution in [0.3, 0.4) is 0 Å². The molecule has 0 aliphatic heterocycles. The molecular weight excluding hydrogens is 384 g/mol. The van der Waals surface area contributed by atoms with Crippen LogP contribution in [-0.2, 0) is 0 Å². The lowest BCUT2D eigenvalue weighted by Gasteiger charge is -2.09. The van der Waals surface area contributed by atoms with Crippen LogP contribution in [0.25, 0.3) is 21.1 Å². The summed E-state index contributed by atoms with van der Waals surface area (Å²) in [6, 6.07) is 14.6. The second-order valence-corrected chi connectivity index (χ2v) is 7.32. The zero-order valence-electron chi connectivity index (χ0n) is 14.6. The topological polar surface area (TPSA) is 60.5 Å². The number of anilines is 1. The molecule has 0 saturated heterocycles. The van der Waals surface area contributed by atoms with E-state index in [0.29, 0.717) is 21.3 Å². The highest BCUT2D eigenvalue weighted by atomic mass is 35.5. The number of halogens is 1. The largest absolute Gasteiger partial charge is 0.497 e. The standard InChI is InChI=1S/C20H15ClN2O3S/c1-25-14-4-5-15-11(8-14)7-12-9-18(27-20(12)23-15)19(24)22-16-10-13(21)3-6-17(16)26-2/h3-10H,1-2H3,(H,22,24). The van der Waals surface area contributed by atoms with Gasteiger partial charge in [0.2, 0.25) is 0 Å². The fourth-order valence-corrected chi connectivity index (χ4v) is 3.90. The van der Waals surface area contributed by atoms with Crippen LogP contribution >= 0.6 is 22.9 Å². The van der Waals surface area contributed by atoms with Gasteiger partial charge in [-0.15, -0.1) is 11.3 Å². The number of carbonyl (C=O) groups excluding carboxylic acids is 1. The molecule has 4 aromatic rings. The van der Waals surface area contributed by atoms with Crippen molar-refractivity contribution in [3.8, 4) is 11.5 Å². The Balaban J connectivity index is 1.70. The van der Waals surface area contributed by atoms with Gasteiger partial charge in [0, 0.05) is 15.8 Å².